The van der Waals surface area contributed by atoms with Crippen LogP contribution >= 0.6 is 0 Å². The summed E-state index contributed by atoms with van der Waals surface area (Å²) in [6, 6.07) is 8.49. The molecule has 0 fully saturated rings. The zero-order chi connectivity index (χ0) is 18.2. The molecule has 1 atom stereocenters. The molecule has 25 heavy (non-hydrogen) atoms. The first-order chi connectivity index (χ1) is 11.8. The fourth-order valence-electron chi connectivity index (χ4n) is 2.81. The second-order valence-electron chi connectivity index (χ2n) is 7.34. The fraction of sp³-hybridized carbons (Fsp3) is 0.421. The summed E-state index contributed by atoms with van der Waals surface area (Å²) in [5, 5.41) is 8.12. The number of aromatic amines is 1. The average molecular weight is 339 g/mol. The first-order valence-electron chi connectivity index (χ1n) is 8.63. The predicted octanol–water partition coefficient (Wildman–Crippen LogP) is 3.61. The van der Waals surface area contributed by atoms with Gasteiger partial charge >= 0.3 is 0 Å². The van der Waals surface area contributed by atoms with Gasteiger partial charge in [0.15, 0.2) is 5.65 Å². The minimum absolute atomic E-state index is 0.0255. The van der Waals surface area contributed by atoms with Crippen molar-refractivity contribution in [2.75, 3.05) is 5.32 Å². The van der Waals surface area contributed by atoms with Crippen molar-refractivity contribution >= 4 is 17.0 Å². The van der Waals surface area contributed by atoms with E-state index in [0.29, 0.717) is 17.0 Å². The maximum atomic E-state index is 12.4. The van der Waals surface area contributed by atoms with Gasteiger partial charge in [0.1, 0.15) is 5.39 Å². The summed E-state index contributed by atoms with van der Waals surface area (Å²) in [7, 11) is 0. The van der Waals surface area contributed by atoms with Crippen molar-refractivity contribution in [3.63, 3.8) is 0 Å². The average Bonchev–Trinajstić information content (AvgIpc) is 2.99. The van der Waals surface area contributed by atoms with Crippen LogP contribution in [0.3, 0.4) is 0 Å². The lowest BCUT2D eigenvalue weighted by atomic mass is 10.1. The molecule has 1 aromatic carbocycles. The molecule has 0 amide bonds. The van der Waals surface area contributed by atoms with Crippen molar-refractivity contribution in [3.8, 4) is 0 Å². The first-order valence-corrected chi connectivity index (χ1v) is 8.63. The summed E-state index contributed by atoms with van der Waals surface area (Å²) in [5.74, 6) is 0.454. The Kier molecular flexibility index (Phi) is 4.37. The summed E-state index contributed by atoms with van der Waals surface area (Å²) >= 11 is 0. The molecule has 0 aliphatic rings. The minimum Gasteiger partial charge on any atom is -0.349 e. The zero-order valence-electron chi connectivity index (χ0n) is 15.4. The van der Waals surface area contributed by atoms with E-state index in [1.54, 1.807) is 10.9 Å². The number of aryl methyl sites for hydroxylation is 1. The normalized spacial score (nSPS) is 13.2. The van der Waals surface area contributed by atoms with Gasteiger partial charge in [-0.3, -0.25) is 9.78 Å². The molecule has 6 nitrogen and oxygen atoms in total. The molecule has 0 radical (unpaired) electrons. The lowest BCUT2D eigenvalue weighted by molar-refractivity contribution is 0.366. The summed E-state index contributed by atoms with van der Waals surface area (Å²) < 4.78 is 1.78. The number of fused-ring (bicyclic) bond motifs is 1. The van der Waals surface area contributed by atoms with Gasteiger partial charge in [-0.2, -0.15) is 10.1 Å². The largest absolute Gasteiger partial charge is 0.349 e. The van der Waals surface area contributed by atoms with E-state index in [4.69, 9.17) is 0 Å². The predicted molar refractivity (Wildman–Crippen MR) is 101 cm³/mol. The van der Waals surface area contributed by atoms with Crippen LogP contribution in [-0.4, -0.2) is 19.7 Å². The minimum atomic E-state index is -0.249. The summed E-state index contributed by atoms with van der Waals surface area (Å²) in [6.45, 7) is 10.3. The molecule has 0 bridgehead atoms. The number of rotatable bonds is 4. The van der Waals surface area contributed by atoms with E-state index >= 15 is 0 Å². The van der Waals surface area contributed by atoms with Gasteiger partial charge in [0.05, 0.1) is 17.8 Å². The molecule has 3 aromatic rings. The number of H-pyrrole nitrogens is 1. The van der Waals surface area contributed by atoms with E-state index in [1.165, 1.54) is 5.56 Å². The number of hydrogen-bond acceptors (Lipinski definition) is 4. The van der Waals surface area contributed by atoms with Gasteiger partial charge in [-0.25, -0.2) is 4.68 Å². The Hall–Kier alpha value is -2.63. The Morgan fingerprint density at radius 2 is 1.92 bits per heavy atom. The van der Waals surface area contributed by atoms with Crippen LogP contribution < -0.4 is 10.9 Å². The SMILES string of the molecule is CCc1ccc(C(C)Nc2nc3c(cnn3C(C)(C)C)c(=O)[nH]2)cc1. The third-order valence-electron chi connectivity index (χ3n) is 4.31. The van der Waals surface area contributed by atoms with E-state index in [9.17, 15) is 4.79 Å². The Morgan fingerprint density at radius 1 is 1.24 bits per heavy atom. The lowest BCUT2D eigenvalue weighted by Crippen LogP contribution is -2.24. The number of nitrogens with zero attached hydrogens (tertiary/aromatic N) is 3. The molecule has 2 heterocycles. The van der Waals surface area contributed by atoms with Crippen molar-refractivity contribution in [3.05, 3.63) is 51.9 Å². The molecule has 0 aliphatic carbocycles. The molecule has 2 N–H and O–H groups in total. The summed E-state index contributed by atoms with van der Waals surface area (Å²) in [5.41, 5.74) is 2.60. The molecule has 1 unspecified atom stereocenters. The quantitative estimate of drug-likeness (QED) is 0.761. The maximum absolute atomic E-state index is 12.4. The van der Waals surface area contributed by atoms with Gasteiger partial charge in [-0.05, 0) is 45.2 Å². The highest BCUT2D eigenvalue weighted by molar-refractivity contribution is 5.74. The van der Waals surface area contributed by atoms with Gasteiger partial charge in [-0.15, -0.1) is 0 Å². The van der Waals surface area contributed by atoms with Crippen molar-refractivity contribution in [2.24, 2.45) is 0 Å². The van der Waals surface area contributed by atoms with E-state index in [2.05, 4.69) is 51.6 Å². The van der Waals surface area contributed by atoms with Crippen LogP contribution in [0.1, 0.15) is 51.8 Å². The van der Waals surface area contributed by atoms with E-state index < -0.39 is 0 Å². The standard InChI is InChI=1S/C19H25N5O/c1-6-13-7-9-14(10-8-13)12(2)21-18-22-16-15(17(25)23-18)11-20-24(16)19(3,4)5/h7-12H,6H2,1-5H3,(H2,21,22,23,25). The van der Waals surface area contributed by atoms with Gasteiger partial charge in [0.25, 0.3) is 5.56 Å². The van der Waals surface area contributed by atoms with Crippen LogP contribution in [0.5, 0.6) is 0 Å². The van der Waals surface area contributed by atoms with Crippen LogP contribution in [0.2, 0.25) is 0 Å². The molecule has 0 aliphatic heterocycles. The van der Waals surface area contributed by atoms with Crippen molar-refractivity contribution in [1.29, 1.82) is 0 Å². The number of aromatic nitrogens is 4. The van der Waals surface area contributed by atoms with Crippen molar-refractivity contribution in [1.82, 2.24) is 19.7 Å². The molecule has 2 aromatic heterocycles. The number of anilines is 1. The molecular weight excluding hydrogens is 314 g/mol. The third-order valence-corrected chi connectivity index (χ3v) is 4.31. The zero-order valence-corrected chi connectivity index (χ0v) is 15.4. The molecular formula is C19H25N5O. The summed E-state index contributed by atoms with van der Waals surface area (Å²) in [6.07, 6.45) is 2.59. The van der Waals surface area contributed by atoms with Gasteiger partial charge in [0, 0.05) is 0 Å². The van der Waals surface area contributed by atoms with Crippen molar-refractivity contribution in [2.45, 2.75) is 52.6 Å². The maximum Gasteiger partial charge on any atom is 0.263 e. The number of nitrogens with one attached hydrogen (secondary N) is 2. The Labute approximate surface area is 147 Å². The Bertz CT molecular complexity index is 931. The van der Waals surface area contributed by atoms with E-state index in [-0.39, 0.29) is 17.1 Å². The fourth-order valence-corrected chi connectivity index (χ4v) is 2.81. The van der Waals surface area contributed by atoms with Gasteiger partial charge in [-0.1, -0.05) is 31.2 Å². The van der Waals surface area contributed by atoms with E-state index in [1.807, 2.05) is 27.7 Å². The highest BCUT2D eigenvalue weighted by atomic mass is 16.1. The molecule has 6 heteroatoms. The third kappa shape index (κ3) is 3.43. The molecule has 132 valence electrons. The Morgan fingerprint density at radius 3 is 2.52 bits per heavy atom. The summed E-state index contributed by atoms with van der Waals surface area (Å²) in [4.78, 5) is 19.8. The topological polar surface area (TPSA) is 75.6 Å². The van der Waals surface area contributed by atoms with Crippen LogP contribution in [0, 0.1) is 0 Å². The molecule has 0 saturated heterocycles. The van der Waals surface area contributed by atoms with Crippen LogP contribution in [-0.2, 0) is 12.0 Å². The highest BCUT2D eigenvalue weighted by Gasteiger charge is 2.20. The second kappa shape index (κ2) is 6.35. The Balaban J connectivity index is 1.94. The molecule has 0 spiro atoms. The van der Waals surface area contributed by atoms with E-state index in [0.717, 1.165) is 12.0 Å². The smallest absolute Gasteiger partial charge is 0.263 e. The van der Waals surface area contributed by atoms with Crippen molar-refractivity contribution < 1.29 is 0 Å². The number of benzene rings is 1. The van der Waals surface area contributed by atoms with Crippen LogP contribution in [0.15, 0.2) is 35.3 Å². The van der Waals surface area contributed by atoms with Gasteiger partial charge < -0.3 is 5.32 Å². The monoisotopic (exact) mass is 339 g/mol. The lowest BCUT2D eigenvalue weighted by Gasteiger charge is -2.20. The second-order valence-corrected chi connectivity index (χ2v) is 7.34. The van der Waals surface area contributed by atoms with Crippen LogP contribution in [0.25, 0.3) is 11.0 Å². The molecule has 3 rings (SSSR count). The van der Waals surface area contributed by atoms with Crippen LogP contribution in [0.4, 0.5) is 5.95 Å². The van der Waals surface area contributed by atoms with Gasteiger partial charge in [0.2, 0.25) is 5.95 Å². The first kappa shape index (κ1) is 17.2. The number of hydrogen-bond donors (Lipinski definition) is 2. The molecule has 0 saturated carbocycles. The highest BCUT2D eigenvalue weighted by Crippen LogP contribution is 2.21.